The van der Waals surface area contributed by atoms with Gasteiger partial charge < -0.3 is 15.8 Å². The summed E-state index contributed by atoms with van der Waals surface area (Å²) in [5, 5.41) is 3.68. The van der Waals surface area contributed by atoms with E-state index in [0.717, 1.165) is 10.7 Å². The van der Waals surface area contributed by atoms with Crippen molar-refractivity contribution in [3.05, 3.63) is 15.6 Å². The van der Waals surface area contributed by atoms with E-state index < -0.39 is 6.04 Å². The van der Waals surface area contributed by atoms with Gasteiger partial charge in [0.2, 0.25) is 5.91 Å². The third-order valence-electron chi connectivity index (χ3n) is 2.52. The first-order chi connectivity index (χ1) is 8.45. The summed E-state index contributed by atoms with van der Waals surface area (Å²) in [6.07, 6.45) is 0. The van der Waals surface area contributed by atoms with Crippen molar-refractivity contribution < 1.29 is 9.53 Å². The maximum absolute atomic E-state index is 11.6. The molecule has 1 rings (SSSR count). The zero-order valence-corrected chi connectivity index (χ0v) is 13.4. The number of nitrogens with two attached hydrogens (primary N) is 1. The highest BCUT2D eigenvalue weighted by Gasteiger charge is 2.15. The van der Waals surface area contributed by atoms with Crippen molar-refractivity contribution in [3.8, 4) is 0 Å². The maximum Gasteiger partial charge on any atom is 0.239 e. The van der Waals surface area contributed by atoms with Gasteiger partial charge in [-0.05, 0) is 12.8 Å². The van der Waals surface area contributed by atoms with Crippen LogP contribution in [-0.2, 0) is 16.1 Å². The van der Waals surface area contributed by atoms with E-state index >= 15 is 0 Å². The Hall–Kier alpha value is -0.690. The first-order valence-corrected chi connectivity index (χ1v) is 6.75. The largest absolute Gasteiger partial charge is 0.383 e. The van der Waals surface area contributed by atoms with E-state index in [2.05, 4.69) is 31.1 Å². The fraction of sp³-hybridized carbons (Fsp3) is 0.667. The lowest BCUT2D eigenvalue weighted by Crippen LogP contribution is -2.43. The van der Waals surface area contributed by atoms with Crippen molar-refractivity contribution in [3.63, 3.8) is 0 Å². The molecule has 0 saturated heterocycles. The minimum absolute atomic E-state index is 0. The van der Waals surface area contributed by atoms with Crippen LogP contribution in [0, 0.1) is 6.92 Å². The van der Waals surface area contributed by atoms with E-state index in [1.54, 1.807) is 11.3 Å². The summed E-state index contributed by atoms with van der Waals surface area (Å²) < 4.78 is 4.83. The molecule has 0 radical (unpaired) electrons. The molecule has 0 fully saturated rings. The molecular weight excluding hydrogens is 286 g/mol. The summed E-state index contributed by atoms with van der Waals surface area (Å²) in [7, 11) is 1.52. The van der Waals surface area contributed by atoms with Crippen LogP contribution in [0.3, 0.4) is 0 Å². The lowest BCUT2D eigenvalue weighted by molar-refractivity contribution is -0.123. The maximum atomic E-state index is 11.6. The average Bonchev–Trinajstić information content (AvgIpc) is 2.68. The van der Waals surface area contributed by atoms with Crippen LogP contribution in [0.15, 0.2) is 0 Å². The molecule has 0 aromatic carbocycles. The molecule has 0 aliphatic rings. The highest BCUT2D eigenvalue weighted by Crippen LogP contribution is 2.23. The highest BCUT2D eigenvalue weighted by atomic mass is 35.5. The summed E-state index contributed by atoms with van der Waals surface area (Å²) >= 11 is 1.61. The number of methoxy groups -OCH3 is 1. The van der Waals surface area contributed by atoms with Gasteiger partial charge in [-0.2, -0.15) is 0 Å². The molecule has 0 spiro atoms. The van der Waals surface area contributed by atoms with Crippen molar-refractivity contribution in [2.45, 2.75) is 39.3 Å². The number of hydrogen-bond acceptors (Lipinski definition) is 5. The average molecular weight is 308 g/mol. The van der Waals surface area contributed by atoms with E-state index in [9.17, 15) is 4.79 Å². The van der Waals surface area contributed by atoms with Gasteiger partial charge in [0.05, 0.1) is 18.8 Å². The van der Waals surface area contributed by atoms with Crippen LogP contribution in [0.5, 0.6) is 0 Å². The van der Waals surface area contributed by atoms with Crippen molar-refractivity contribution in [2.24, 2.45) is 5.73 Å². The Kier molecular flexibility index (Phi) is 8.17. The van der Waals surface area contributed by atoms with Crippen LogP contribution in [-0.4, -0.2) is 30.6 Å². The van der Waals surface area contributed by atoms with Crippen LogP contribution >= 0.6 is 23.7 Å². The Morgan fingerprint density at radius 3 is 2.63 bits per heavy atom. The number of ether oxygens (including phenoxy) is 1. The van der Waals surface area contributed by atoms with E-state index in [0.29, 0.717) is 12.5 Å². The number of carbonyl (C=O) groups excluding carboxylic acids is 1. The second-order valence-corrected chi connectivity index (χ2v) is 5.77. The predicted octanol–water partition coefficient (Wildman–Crippen LogP) is 1.59. The zero-order valence-electron chi connectivity index (χ0n) is 11.7. The van der Waals surface area contributed by atoms with Crippen LogP contribution < -0.4 is 11.1 Å². The molecule has 1 atom stereocenters. The monoisotopic (exact) mass is 307 g/mol. The predicted molar refractivity (Wildman–Crippen MR) is 79.9 cm³/mol. The molecule has 1 aromatic heterocycles. The fourth-order valence-corrected chi connectivity index (χ4v) is 2.65. The Morgan fingerprint density at radius 2 is 2.16 bits per heavy atom. The SMILES string of the molecule is COCC(N)C(=O)NCc1nc(C(C)C)c(C)s1.Cl. The van der Waals surface area contributed by atoms with Gasteiger partial charge in [-0.1, -0.05) is 13.8 Å². The number of hydrogen-bond donors (Lipinski definition) is 2. The van der Waals surface area contributed by atoms with Crippen molar-refractivity contribution >= 4 is 29.7 Å². The van der Waals surface area contributed by atoms with E-state index in [-0.39, 0.29) is 24.9 Å². The quantitative estimate of drug-likeness (QED) is 0.836. The summed E-state index contributed by atoms with van der Waals surface area (Å²) in [6.45, 7) is 6.92. The third kappa shape index (κ3) is 5.44. The summed E-state index contributed by atoms with van der Waals surface area (Å²) in [6, 6.07) is -0.624. The number of amides is 1. The first-order valence-electron chi connectivity index (χ1n) is 5.94. The zero-order chi connectivity index (χ0) is 13.7. The Bertz CT molecular complexity index is 410. The molecule has 0 aliphatic heterocycles. The van der Waals surface area contributed by atoms with Crippen molar-refractivity contribution in [2.75, 3.05) is 13.7 Å². The molecule has 5 nitrogen and oxygen atoms in total. The van der Waals surface area contributed by atoms with Crippen LogP contribution in [0.1, 0.15) is 35.3 Å². The van der Waals surface area contributed by atoms with E-state index in [1.165, 1.54) is 12.0 Å². The number of nitrogens with one attached hydrogen (secondary N) is 1. The number of aromatic nitrogens is 1. The van der Waals surface area contributed by atoms with Gasteiger partial charge in [0, 0.05) is 12.0 Å². The van der Waals surface area contributed by atoms with Gasteiger partial charge in [-0.3, -0.25) is 4.79 Å². The van der Waals surface area contributed by atoms with E-state index in [4.69, 9.17) is 10.5 Å². The highest BCUT2D eigenvalue weighted by molar-refractivity contribution is 7.11. The molecular formula is C12H22ClN3O2S. The molecule has 1 heterocycles. The molecule has 1 amide bonds. The number of carbonyl (C=O) groups is 1. The standard InChI is InChI=1S/C12H21N3O2S.ClH/c1-7(2)11-8(3)18-10(15-11)5-14-12(16)9(13)6-17-4;/h7,9H,5-6,13H2,1-4H3,(H,14,16);1H. The molecule has 110 valence electrons. The Morgan fingerprint density at radius 1 is 1.53 bits per heavy atom. The molecule has 0 aliphatic carbocycles. The molecule has 7 heteroatoms. The third-order valence-corrected chi connectivity index (χ3v) is 3.51. The smallest absolute Gasteiger partial charge is 0.239 e. The normalized spacial score (nSPS) is 12.1. The summed E-state index contributed by atoms with van der Waals surface area (Å²) in [5.74, 6) is 0.192. The summed E-state index contributed by atoms with van der Waals surface area (Å²) in [5.41, 5.74) is 6.72. The fourth-order valence-electron chi connectivity index (χ4n) is 1.63. The minimum Gasteiger partial charge on any atom is -0.383 e. The van der Waals surface area contributed by atoms with Gasteiger partial charge in [-0.15, -0.1) is 23.7 Å². The van der Waals surface area contributed by atoms with Gasteiger partial charge >= 0.3 is 0 Å². The first kappa shape index (κ1) is 18.3. The molecule has 3 N–H and O–H groups in total. The Labute approximate surface area is 124 Å². The number of thiazole rings is 1. The van der Waals surface area contributed by atoms with Crippen molar-refractivity contribution in [1.82, 2.24) is 10.3 Å². The van der Waals surface area contributed by atoms with E-state index in [1.807, 2.05) is 0 Å². The van der Waals surface area contributed by atoms with Gasteiger partial charge in [-0.25, -0.2) is 4.98 Å². The van der Waals surface area contributed by atoms with Gasteiger partial charge in [0.1, 0.15) is 11.0 Å². The number of aryl methyl sites for hydroxylation is 1. The lowest BCUT2D eigenvalue weighted by atomic mass is 10.1. The number of rotatable bonds is 6. The lowest BCUT2D eigenvalue weighted by Gasteiger charge is -2.09. The minimum atomic E-state index is -0.624. The second kappa shape index (κ2) is 8.47. The van der Waals surface area contributed by atoms with Crippen LogP contribution in [0.2, 0.25) is 0 Å². The number of nitrogens with zero attached hydrogens (tertiary/aromatic N) is 1. The van der Waals surface area contributed by atoms with Crippen molar-refractivity contribution in [1.29, 1.82) is 0 Å². The second-order valence-electron chi connectivity index (χ2n) is 4.48. The molecule has 1 aromatic rings. The molecule has 0 bridgehead atoms. The Balaban J connectivity index is 0.00000324. The topological polar surface area (TPSA) is 77.2 Å². The summed E-state index contributed by atoms with van der Waals surface area (Å²) in [4.78, 5) is 17.3. The molecule has 0 saturated carbocycles. The molecule has 1 unspecified atom stereocenters. The van der Waals surface area contributed by atoms with Gasteiger partial charge in [0.15, 0.2) is 0 Å². The number of halogens is 1. The van der Waals surface area contributed by atoms with Crippen LogP contribution in [0.25, 0.3) is 0 Å². The van der Waals surface area contributed by atoms with Crippen LogP contribution in [0.4, 0.5) is 0 Å². The van der Waals surface area contributed by atoms with Gasteiger partial charge in [0.25, 0.3) is 0 Å². The molecule has 19 heavy (non-hydrogen) atoms.